The molecule has 6 heteroatoms. The molecule has 0 unspecified atom stereocenters. The minimum Gasteiger partial charge on any atom is -0.442 e. The molecule has 0 aromatic carbocycles. The van der Waals surface area contributed by atoms with Gasteiger partial charge < -0.3 is 4.74 Å². The van der Waals surface area contributed by atoms with E-state index in [0.29, 0.717) is 13.0 Å². The van der Waals surface area contributed by atoms with Crippen molar-refractivity contribution in [2.45, 2.75) is 38.8 Å². The fourth-order valence-corrected chi connectivity index (χ4v) is 1.84. The summed E-state index contributed by atoms with van der Waals surface area (Å²) in [5.74, 6) is -0.550. The van der Waals surface area contributed by atoms with Crippen molar-refractivity contribution in [1.82, 2.24) is 10.0 Å². The first-order valence-electron chi connectivity index (χ1n) is 6.13. The third-order valence-electron chi connectivity index (χ3n) is 2.61. The molecule has 0 N–H and O–H groups in total. The number of pyridine rings is 1. The molecular weight excluding hydrogens is 251 g/mol. The molecule has 2 rings (SSSR count). The van der Waals surface area contributed by atoms with Crippen LogP contribution >= 0.6 is 0 Å². The van der Waals surface area contributed by atoms with Gasteiger partial charge in [0.2, 0.25) is 5.95 Å². The summed E-state index contributed by atoms with van der Waals surface area (Å²) in [4.78, 5) is 20.9. The van der Waals surface area contributed by atoms with Gasteiger partial charge in [-0.25, -0.2) is 9.78 Å². The zero-order valence-corrected chi connectivity index (χ0v) is 11.2. The maximum absolute atomic E-state index is 12.8. The number of rotatable bonds is 1. The van der Waals surface area contributed by atoms with E-state index in [0.717, 1.165) is 5.56 Å². The van der Waals surface area contributed by atoms with E-state index in [2.05, 4.69) is 4.98 Å². The van der Waals surface area contributed by atoms with Gasteiger partial charge in [-0.2, -0.15) is 9.45 Å². The molecule has 5 nitrogen and oxygen atoms in total. The SMILES string of the molecule is CC(C)(C)OC(=O)N1OCC[C@H]1c1ccc(F)nc1. The molecule has 0 radical (unpaired) electrons. The molecule has 0 bridgehead atoms. The van der Waals surface area contributed by atoms with Crippen LogP contribution in [-0.2, 0) is 9.57 Å². The molecule has 0 saturated carbocycles. The van der Waals surface area contributed by atoms with Crippen LogP contribution in [0.25, 0.3) is 0 Å². The summed E-state index contributed by atoms with van der Waals surface area (Å²) in [5, 5.41) is 1.19. The Kier molecular flexibility index (Phi) is 3.71. The van der Waals surface area contributed by atoms with Crippen molar-refractivity contribution in [3.05, 3.63) is 29.8 Å². The quantitative estimate of drug-likeness (QED) is 0.735. The number of halogens is 1. The molecule has 19 heavy (non-hydrogen) atoms. The standard InChI is InChI=1S/C13H17FN2O3/c1-13(2,3)19-12(17)16-10(6-7-18-16)9-4-5-11(14)15-8-9/h4-5,8,10H,6-7H2,1-3H3/t10-/m0/s1. The van der Waals surface area contributed by atoms with E-state index >= 15 is 0 Å². The van der Waals surface area contributed by atoms with Crippen molar-refractivity contribution in [3.63, 3.8) is 0 Å². The van der Waals surface area contributed by atoms with Gasteiger partial charge in [-0.15, -0.1) is 0 Å². The van der Waals surface area contributed by atoms with Gasteiger partial charge in [-0.3, -0.25) is 4.84 Å². The highest BCUT2D eigenvalue weighted by Gasteiger charge is 2.35. The third-order valence-corrected chi connectivity index (χ3v) is 2.61. The average Bonchev–Trinajstić information content (AvgIpc) is 2.76. The van der Waals surface area contributed by atoms with E-state index in [-0.39, 0.29) is 6.04 Å². The smallest absolute Gasteiger partial charge is 0.435 e. The summed E-state index contributed by atoms with van der Waals surface area (Å²) in [6.45, 7) is 5.78. The highest BCUT2D eigenvalue weighted by molar-refractivity contribution is 5.67. The molecular formula is C13H17FN2O3. The lowest BCUT2D eigenvalue weighted by Crippen LogP contribution is -2.35. The van der Waals surface area contributed by atoms with Crippen molar-refractivity contribution in [3.8, 4) is 0 Å². The number of aromatic nitrogens is 1. The lowest BCUT2D eigenvalue weighted by molar-refractivity contribution is -0.125. The van der Waals surface area contributed by atoms with Gasteiger partial charge in [0.25, 0.3) is 0 Å². The first-order valence-corrected chi connectivity index (χ1v) is 6.13. The van der Waals surface area contributed by atoms with Gasteiger partial charge in [-0.1, -0.05) is 6.07 Å². The van der Waals surface area contributed by atoms with E-state index in [1.165, 1.54) is 17.3 Å². The number of carbonyl (C=O) groups is 1. The van der Waals surface area contributed by atoms with Gasteiger partial charge in [0.15, 0.2) is 0 Å². The molecule has 1 fully saturated rings. The van der Waals surface area contributed by atoms with Crippen LogP contribution in [0.4, 0.5) is 9.18 Å². The van der Waals surface area contributed by atoms with E-state index in [4.69, 9.17) is 9.57 Å². The first-order chi connectivity index (χ1) is 8.87. The summed E-state index contributed by atoms with van der Waals surface area (Å²) in [5.41, 5.74) is 0.138. The maximum atomic E-state index is 12.8. The number of hydroxylamine groups is 2. The van der Waals surface area contributed by atoms with Gasteiger partial charge in [-0.05, 0) is 32.4 Å². The van der Waals surface area contributed by atoms with E-state index in [1.54, 1.807) is 26.8 Å². The minimum absolute atomic E-state index is 0.289. The third kappa shape index (κ3) is 3.41. The van der Waals surface area contributed by atoms with Crippen LogP contribution in [0, 0.1) is 5.95 Å². The van der Waals surface area contributed by atoms with Gasteiger partial charge in [0.1, 0.15) is 5.60 Å². The fourth-order valence-electron chi connectivity index (χ4n) is 1.84. The first kappa shape index (κ1) is 13.7. The second-order valence-corrected chi connectivity index (χ2v) is 5.36. The van der Waals surface area contributed by atoms with Crippen molar-refractivity contribution < 1.29 is 18.8 Å². The molecule has 1 saturated heterocycles. The van der Waals surface area contributed by atoms with E-state index < -0.39 is 17.6 Å². The monoisotopic (exact) mass is 268 g/mol. The summed E-state index contributed by atoms with van der Waals surface area (Å²) in [6, 6.07) is 2.57. The predicted molar refractivity (Wildman–Crippen MR) is 65.6 cm³/mol. The Morgan fingerprint density at radius 2 is 2.26 bits per heavy atom. The second kappa shape index (κ2) is 5.13. The number of nitrogens with zero attached hydrogens (tertiary/aromatic N) is 2. The molecule has 0 aliphatic carbocycles. The molecule has 1 aliphatic heterocycles. The Hall–Kier alpha value is -1.69. The molecule has 1 aromatic heterocycles. The number of hydrogen-bond acceptors (Lipinski definition) is 4. The van der Waals surface area contributed by atoms with Gasteiger partial charge in [0.05, 0.1) is 12.6 Å². The Balaban J connectivity index is 2.12. The summed E-state index contributed by atoms with van der Waals surface area (Å²) >= 11 is 0. The van der Waals surface area contributed by atoms with Crippen LogP contribution in [0.3, 0.4) is 0 Å². The van der Waals surface area contributed by atoms with Gasteiger partial charge >= 0.3 is 6.09 Å². The highest BCUT2D eigenvalue weighted by Crippen LogP contribution is 2.31. The lowest BCUT2D eigenvalue weighted by Gasteiger charge is -2.26. The van der Waals surface area contributed by atoms with Crippen molar-refractivity contribution in [2.24, 2.45) is 0 Å². The topological polar surface area (TPSA) is 51.7 Å². The molecule has 1 aliphatic rings. The molecule has 1 amide bonds. The van der Waals surface area contributed by atoms with Gasteiger partial charge in [0, 0.05) is 12.6 Å². The van der Waals surface area contributed by atoms with Crippen LogP contribution in [0.1, 0.15) is 38.8 Å². The average molecular weight is 268 g/mol. The molecule has 0 spiro atoms. The van der Waals surface area contributed by atoms with Crippen LogP contribution in [-0.4, -0.2) is 28.3 Å². The summed E-state index contributed by atoms with van der Waals surface area (Å²) in [6.07, 6.45) is 1.50. The molecule has 1 aromatic rings. The van der Waals surface area contributed by atoms with Crippen molar-refractivity contribution in [2.75, 3.05) is 6.61 Å². The zero-order chi connectivity index (χ0) is 14.0. The highest BCUT2D eigenvalue weighted by atomic mass is 19.1. The summed E-state index contributed by atoms with van der Waals surface area (Å²) < 4.78 is 18.1. The molecule has 2 heterocycles. The number of amides is 1. The second-order valence-electron chi connectivity index (χ2n) is 5.36. The Morgan fingerprint density at radius 1 is 1.53 bits per heavy atom. The largest absolute Gasteiger partial charge is 0.442 e. The minimum atomic E-state index is -0.589. The zero-order valence-electron chi connectivity index (χ0n) is 11.2. The molecule has 104 valence electrons. The van der Waals surface area contributed by atoms with E-state index in [1.807, 2.05) is 0 Å². The maximum Gasteiger partial charge on any atom is 0.435 e. The Labute approximate surface area is 111 Å². The normalized spacial score (nSPS) is 19.6. The Bertz CT molecular complexity index is 456. The van der Waals surface area contributed by atoms with Crippen molar-refractivity contribution >= 4 is 6.09 Å². The number of carbonyl (C=O) groups excluding carboxylic acids is 1. The van der Waals surface area contributed by atoms with Crippen LogP contribution in [0.15, 0.2) is 18.3 Å². The van der Waals surface area contributed by atoms with Crippen LogP contribution < -0.4 is 0 Å². The van der Waals surface area contributed by atoms with Crippen molar-refractivity contribution in [1.29, 1.82) is 0 Å². The fraction of sp³-hybridized carbons (Fsp3) is 0.538. The number of hydrogen-bond donors (Lipinski definition) is 0. The number of ether oxygens (including phenoxy) is 1. The predicted octanol–water partition coefficient (Wildman–Crippen LogP) is 2.83. The van der Waals surface area contributed by atoms with Crippen LogP contribution in [0.5, 0.6) is 0 Å². The van der Waals surface area contributed by atoms with E-state index in [9.17, 15) is 9.18 Å². The Morgan fingerprint density at radius 3 is 2.84 bits per heavy atom. The molecule has 1 atom stereocenters. The van der Waals surface area contributed by atoms with Crippen LogP contribution in [0.2, 0.25) is 0 Å². The summed E-state index contributed by atoms with van der Waals surface area (Å²) in [7, 11) is 0. The lowest BCUT2D eigenvalue weighted by atomic mass is 10.1.